The number of aromatic nitrogens is 2. The smallest absolute Gasteiger partial charge is 0.244 e. The van der Waals surface area contributed by atoms with E-state index in [1.165, 1.54) is 36.1 Å². The van der Waals surface area contributed by atoms with E-state index in [-0.39, 0.29) is 19.0 Å². The molecule has 0 bridgehead atoms. The van der Waals surface area contributed by atoms with Crippen LogP contribution in [-0.2, 0) is 24.2 Å². The molecule has 1 amide bonds. The van der Waals surface area contributed by atoms with Crippen LogP contribution in [0.15, 0.2) is 6.20 Å². The maximum Gasteiger partial charge on any atom is 0.244 e. The van der Waals surface area contributed by atoms with Crippen LogP contribution in [0.4, 0.5) is 0 Å². The number of fused-ring (bicyclic) bond motifs is 1. The Morgan fingerprint density at radius 1 is 1.42 bits per heavy atom. The Labute approximate surface area is 113 Å². The molecule has 1 aromatic heterocycles. The molecule has 0 fully saturated rings. The number of nitriles is 1. The number of rotatable bonds is 3. The van der Waals surface area contributed by atoms with Crippen molar-refractivity contribution in [3.63, 3.8) is 0 Å². The molecule has 0 atom stereocenters. The van der Waals surface area contributed by atoms with Gasteiger partial charge in [0.15, 0.2) is 0 Å². The number of nitrogens with zero attached hydrogens (tertiary/aromatic N) is 4. The monoisotopic (exact) mass is 260 g/mol. The number of hydrogen-bond acceptors (Lipinski definition) is 3. The second kappa shape index (κ2) is 6.37. The van der Waals surface area contributed by atoms with Gasteiger partial charge in [-0.2, -0.15) is 10.4 Å². The summed E-state index contributed by atoms with van der Waals surface area (Å²) in [5.41, 5.74) is 2.44. The summed E-state index contributed by atoms with van der Waals surface area (Å²) >= 11 is 0. The SMILES string of the molecule is CN(CC#N)C(=O)Cn1cc2c(n1)CCCCCC2. The molecule has 1 heterocycles. The molecule has 19 heavy (non-hydrogen) atoms. The molecular formula is C14H20N4O. The fourth-order valence-electron chi connectivity index (χ4n) is 2.42. The zero-order valence-electron chi connectivity index (χ0n) is 11.4. The first-order valence-electron chi connectivity index (χ1n) is 6.87. The molecule has 1 aliphatic rings. The third kappa shape index (κ3) is 3.57. The lowest BCUT2D eigenvalue weighted by Crippen LogP contribution is -2.30. The summed E-state index contributed by atoms with van der Waals surface area (Å²) in [6.07, 6.45) is 9.04. The van der Waals surface area contributed by atoms with E-state index in [1.54, 1.807) is 11.7 Å². The van der Waals surface area contributed by atoms with Gasteiger partial charge >= 0.3 is 0 Å². The van der Waals surface area contributed by atoms with Gasteiger partial charge in [0.1, 0.15) is 13.1 Å². The van der Waals surface area contributed by atoms with Gasteiger partial charge in [-0.15, -0.1) is 0 Å². The lowest BCUT2D eigenvalue weighted by Gasteiger charge is -2.12. The average Bonchev–Trinajstić information content (AvgIpc) is 2.71. The largest absolute Gasteiger partial charge is 0.331 e. The lowest BCUT2D eigenvalue weighted by atomic mass is 9.99. The maximum atomic E-state index is 11.9. The molecule has 1 aliphatic carbocycles. The first-order valence-corrected chi connectivity index (χ1v) is 6.87. The van der Waals surface area contributed by atoms with E-state index in [9.17, 15) is 4.79 Å². The number of amides is 1. The Balaban J connectivity index is 2.03. The summed E-state index contributed by atoms with van der Waals surface area (Å²) in [4.78, 5) is 13.3. The number of hydrogen-bond donors (Lipinski definition) is 0. The van der Waals surface area contributed by atoms with Gasteiger partial charge in [-0.1, -0.05) is 12.8 Å². The third-order valence-corrected chi connectivity index (χ3v) is 3.57. The van der Waals surface area contributed by atoms with Gasteiger partial charge in [0.25, 0.3) is 0 Å². The van der Waals surface area contributed by atoms with E-state index in [0.717, 1.165) is 18.5 Å². The minimum atomic E-state index is -0.0722. The van der Waals surface area contributed by atoms with Gasteiger partial charge in [0.2, 0.25) is 5.91 Å². The van der Waals surface area contributed by atoms with Crippen molar-refractivity contribution in [2.75, 3.05) is 13.6 Å². The molecule has 0 saturated heterocycles. The van der Waals surface area contributed by atoms with E-state index >= 15 is 0 Å². The summed E-state index contributed by atoms with van der Waals surface area (Å²) in [7, 11) is 1.64. The number of carbonyl (C=O) groups is 1. The summed E-state index contributed by atoms with van der Waals surface area (Å²) in [6, 6.07) is 1.98. The van der Waals surface area contributed by atoms with E-state index < -0.39 is 0 Å². The molecular weight excluding hydrogens is 240 g/mol. The van der Waals surface area contributed by atoms with E-state index in [2.05, 4.69) is 5.10 Å². The first kappa shape index (κ1) is 13.6. The third-order valence-electron chi connectivity index (χ3n) is 3.57. The standard InChI is InChI=1S/C14H20N4O/c1-17(9-8-15)14(19)11-18-10-12-6-4-2-3-5-7-13(12)16-18/h10H,2-7,9,11H2,1H3. The van der Waals surface area contributed by atoms with Crippen LogP contribution in [-0.4, -0.2) is 34.2 Å². The first-order chi connectivity index (χ1) is 9.20. The van der Waals surface area contributed by atoms with Crippen molar-refractivity contribution in [3.8, 4) is 6.07 Å². The van der Waals surface area contributed by atoms with Crippen molar-refractivity contribution in [3.05, 3.63) is 17.5 Å². The van der Waals surface area contributed by atoms with Crippen molar-refractivity contribution < 1.29 is 4.79 Å². The van der Waals surface area contributed by atoms with Gasteiger partial charge in [0, 0.05) is 13.2 Å². The molecule has 102 valence electrons. The van der Waals surface area contributed by atoms with Gasteiger partial charge in [0.05, 0.1) is 11.8 Å². The number of likely N-dealkylation sites (N-methyl/N-ethyl adjacent to an activating group) is 1. The molecule has 5 nitrogen and oxygen atoms in total. The molecule has 1 aromatic rings. The minimum Gasteiger partial charge on any atom is -0.331 e. The van der Waals surface area contributed by atoms with Crippen molar-refractivity contribution >= 4 is 5.91 Å². The zero-order valence-corrected chi connectivity index (χ0v) is 11.4. The second-order valence-electron chi connectivity index (χ2n) is 5.12. The zero-order chi connectivity index (χ0) is 13.7. The minimum absolute atomic E-state index is 0.0722. The summed E-state index contributed by atoms with van der Waals surface area (Å²) in [5.74, 6) is -0.0722. The Bertz CT molecular complexity index is 461. The van der Waals surface area contributed by atoms with Crippen LogP contribution < -0.4 is 0 Å². The summed E-state index contributed by atoms with van der Waals surface area (Å²) < 4.78 is 1.73. The molecule has 0 unspecified atom stereocenters. The fraction of sp³-hybridized carbons (Fsp3) is 0.643. The van der Waals surface area contributed by atoms with E-state index in [1.807, 2.05) is 12.3 Å². The van der Waals surface area contributed by atoms with Crippen molar-refractivity contribution in [1.82, 2.24) is 14.7 Å². The lowest BCUT2D eigenvalue weighted by molar-refractivity contribution is -0.130. The van der Waals surface area contributed by atoms with Crippen molar-refractivity contribution in [2.24, 2.45) is 0 Å². The normalized spacial score (nSPS) is 14.9. The molecule has 2 rings (SSSR count). The molecule has 0 spiro atoms. The summed E-state index contributed by atoms with van der Waals surface area (Å²) in [6.45, 7) is 0.352. The van der Waals surface area contributed by atoms with E-state index in [4.69, 9.17) is 5.26 Å². The van der Waals surface area contributed by atoms with Crippen molar-refractivity contribution in [1.29, 1.82) is 5.26 Å². The van der Waals surface area contributed by atoms with Crippen LogP contribution in [0, 0.1) is 11.3 Å². The van der Waals surface area contributed by atoms with Crippen LogP contribution >= 0.6 is 0 Å². The molecule has 0 saturated carbocycles. The van der Waals surface area contributed by atoms with Gasteiger partial charge in [-0.3, -0.25) is 9.48 Å². The van der Waals surface area contributed by atoms with Crippen LogP contribution in [0.1, 0.15) is 36.9 Å². The number of carbonyl (C=O) groups excluding carboxylic acids is 1. The number of aryl methyl sites for hydroxylation is 2. The van der Waals surface area contributed by atoms with Crippen LogP contribution in [0.3, 0.4) is 0 Å². The highest BCUT2D eigenvalue weighted by atomic mass is 16.2. The predicted molar refractivity (Wildman–Crippen MR) is 71.4 cm³/mol. The highest BCUT2D eigenvalue weighted by Gasteiger charge is 2.14. The van der Waals surface area contributed by atoms with Crippen molar-refractivity contribution in [2.45, 2.75) is 45.1 Å². The highest BCUT2D eigenvalue weighted by Crippen LogP contribution is 2.18. The molecule has 0 aromatic carbocycles. The molecule has 5 heteroatoms. The predicted octanol–water partition coefficient (Wildman–Crippen LogP) is 1.52. The Hall–Kier alpha value is -1.83. The van der Waals surface area contributed by atoms with E-state index in [0.29, 0.717) is 0 Å². The Kier molecular flexibility index (Phi) is 4.56. The fourth-order valence-corrected chi connectivity index (χ4v) is 2.42. The Morgan fingerprint density at radius 2 is 2.16 bits per heavy atom. The molecule has 0 N–H and O–H groups in total. The average molecular weight is 260 g/mol. The van der Waals surface area contributed by atoms with Gasteiger partial charge < -0.3 is 4.90 Å². The molecule has 0 aliphatic heterocycles. The quantitative estimate of drug-likeness (QED) is 0.774. The summed E-state index contributed by atoms with van der Waals surface area (Å²) in [5, 5.41) is 13.1. The van der Waals surface area contributed by atoms with Gasteiger partial charge in [-0.05, 0) is 31.2 Å². The topological polar surface area (TPSA) is 61.9 Å². The second-order valence-corrected chi connectivity index (χ2v) is 5.12. The highest BCUT2D eigenvalue weighted by molar-refractivity contribution is 5.75. The van der Waals surface area contributed by atoms with Crippen LogP contribution in [0.2, 0.25) is 0 Å². The Morgan fingerprint density at radius 3 is 2.89 bits per heavy atom. The van der Waals surface area contributed by atoms with Crippen LogP contribution in [0.5, 0.6) is 0 Å². The van der Waals surface area contributed by atoms with Gasteiger partial charge in [-0.25, -0.2) is 0 Å². The molecule has 0 radical (unpaired) electrons. The maximum absolute atomic E-state index is 11.9. The van der Waals surface area contributed by atoms with Crippen LogP contribution in [0.25, 0.3) is 0 Å².